The molecule has 6 nitrogen and oxygen atoms in total. The molecule has 0 saturated carbocycles. The summed E-state index contributed by atoms with van der Waals surface area (Å²) in [5.74, 6) is 0.273. The lowest BCUT2D eigenvalue weighted by Gasteiger charge is -2.43. The van der Waals surface area contributed by atoms with Crippen LogP contribution in [-0.2, 0) is 4.74 Å². The van der Waals surface area contributed by atoms with E-state index >= 15 is 0 Å². The molecule has 0 spiro atoms. The van der Waals surface area contributed by atoms with Crippen molar-refractivity contribution in [1.29, 1.82) is 0 Å². The van der Waals surface area contributed by atoms with Crippen LogP contribution < -0.4 is 5.73 Å². The Morgan fingerprint density at radius 2 is 1.94 bits per heavy atom. The highest BCUT2D eigenvalue weighted by Gasteiger charge is 2.33. The summed E-state index contributed by atoms with van der Waals surface area (Å²) in [7, 11) is 1.73. The highest BCUT2D eigenvalue weighted by atomic mass is 16.5. The first kappa shape index (κ1) is 15.2. The molecule has 0 radical (unpaired) electrons. The Kier molecular flexibility index (Phi) is 5.84. The molecule has 1 rings (SSSR count). The van der Waals surface area contributed by atoms with E-state index in [2.05, 4.69) is 15.0 Å². The quantitative estimate of drug-likeness (QED) is 0.233. The smallest absolute Gasteiger partial charge is 0.159 e. The van der Waals surface area contributed by atoms with E-state index in [0.717, 1.165) is 45.8 Å². The molecule has 1 aliphatic heterocycles. The van der Waals surface area contributed by atoms with Crippen LogP contribution in [0.5, 0.6) is 0 Å². The lowest BCUT2D eigenvalue weighted by Crippen LogP contribution is -2.59. The van der Waals surface area contributed by atoms with Gasteiger partial charge < -0.3 is 20.6 Å². The maximum Gasteiger partial charge on any atom is 0.159 e. The van der Waals surface area contributed by atoms with E-state index in [1.54, 1.807) is 7.11 Å². The van der Waals surface area contributed by atoms with Gasteiger partial charge in [-0.15, -0.1) is 0 Å². The number of nitrogens with two attached hydrogens (primary N) is 1. The Morgan fingerprint density at radius 1 is 1.33 bits per heavy atom. The van der Waals surface area contributed by atoms with Crippen molar-refractivity contribution in [3.05, 3.63) is 0 Å². The van der Waals surface area contributed by atoms with Gasteiger partial charge in [-0.25, -0.2) is 0 Å². The minimum absolute atomic E-state index is 0.273. The second-order valence-corrected chi connectivity index (χ2v) is 5.22. The van der Waals surface area contributed by atoms with Crippen molar-refractivity contribution in [2.24, 2.45) is 10.9 Å². The molecule has 0 aromatic carbocycles. The number of nitrogens with zero attached hydrogens (tertiary/aromatic N) is 3. The molecule has 0 atom stereocenters. The Balaban J connectivity index is 2.39. The summed E-state index contributed by atoms with van der Waals surface area (Å²) < 4.78 is 5.06. The first-order valence-electron chi connectivity index (χ1n) is 6.46. The molecule has 1 fully saturated rings. The van der Waals surface area contributed by atoms with E-state index in [1.807, 2.05) is 13.8 Å². The van der Waals surface area contributed by atoms with Gasteiger partial charge in [0.25, 0.3) is 0 Å². The lowest BCUT2D eigenvalue weighted by atomic mass is 10.0. The van der Waals surface area contributed by atoms with Crippen molar-refractivity contribution in [2.45, 2.75) is 25.8 Å². The Bertz CT molecular complexity index is 273. The zero-order chi connectivity index (χ0) is 13.6. The molecule has 0 bridgehead atoms. The molecule has 0 unspecified atom stereocenters. The zero-order valence-corrected chi connectivity index (χ0v) is 11.7. The number of amidine groups is 1. The minimum atomic E-state index is -0.382. The number of piperazine rings is 1. The van der Waals surface area contributed by atoms with Crippen LogP contribution in [0.15, 0.2) is 5.16 Å². The van der Waals surface area contributed by atoms with Crippen molar-refractivity contribution in [1.82, 2.24) is 9.80 Å². The summed E-state index contributed by atoms with van der Waals surface area (Å²) in [5, 5.41) is 11.9. The van der Waals surface area contributed by atoms with Crippen molar-refractivity contribution >= 4 is 5.84 Å². The number of methoxy groups -OCH3 is 1. The lowest BCUT2D eigenvalue weighted by molar-refractivity contribution is 0.0768. The highest BCUT2D eigenvalue weighted by molar-refractivity contribution is 5.88. The Morgan fingerprint density at radius 3 is 2.44 bits per heavy atom. The largest absolute Gasteiger partial charge is 0.409 e. The predicted molar refractivity (Wildman–Crippen MR) is 72.0 cm³/mol. The first-order chi connectivity index (χ1) is 8.52. The van der Waals surface area contributed by atoms with E-state index in [-0.39, 0.29) is 11.4 Å². The van der Waals surface area contributed by atoms with Crippen molar-refractivity contribution in [3.63, 3.8) is 0 Å². The average Bonchev–Trinajstić information content (AvgIpc) is 2.38. The van der Waals surface area contributed by atoms with Gasteiger partial charge in [-0.3, -0.25) is 4.90 Å². The molecule has 1 saturated heterocycles. The third kappa shape index (κ3) is 3.83. The molecular formula is C12H26N4O2. The first-order valence-corrected chi connectivity index (χ1v) is 6.46. The van der Waals surface area contributed by atoms with Crippen LogP contribution in [0.3, 0.4) is 0 Å². The number of ether oxygens (including phenoxy) is 1. The molecule has 6 heteroatoms. The molecule has 106 valence electrons. The maximum absolute atomic E-state index is 8.81. The summed E-state index contributed by atoms with van der Waals surface area (Å²) in [5.41, 5.74) is 5.36. The number of oxime groups is 1. The number of hydrogen-bond donors (Lipinski definition) is 2. The van der Waals surface area contributed by atoms with Crippen LogP contribution in [0.1, 0.15) is 20.3 Å². The van der Waals surface area contributed by atoms with E-state index in [0.29, 0.717) is 0 Å². The van der Waals surface area contributed by atoms with Crippen molar-refractivity contribution in [2.75, 3.05) is 46.4 Å². The molecule has 1 heterocycles. The van der Waals surface area contributed by atoms with Crippen LogP contribution in [0.4, 0.5) is 0 Å². The van der Waals surface area contributed by atoms with Crippen LogP contribution in [-0.4, -0.2) is 72.8 Å². The van der Waals surface area contributed by atoms with Crippen LogP contribution >= 0.6 is 0 Å². The zero-order valence-electron chi connectivity index (χ0n) is 11.7. The third-order valence-electron chi connectivity index (χ3n) is 3.72. The standard InChI is InChI=1S/C12H26N4O2/c1-12(2,11(13)14-17)16-8-6-15(7-9-16)5-4-10-18-3/h17H,4-10H2,1-3H3,(H2,13,14). The predicted octanol–water partition coefficient (Wildman–Crippen LogP) is 0.166. The number of rotatable bonds is 6. The summed E-state index contributed by atoms with van der Waals surface area (Å²) in [6.45, 7) is 9.79. The third-order valence-corrected chi connectivity index (χ3v) is 3.72. The Labute approximate surface area is 109 Å². The summed E-state index contributed by atoms with van der Waals surface area (Å²) in [6.07, 6.45) is 1.07. The monoisotopic (exact) mass is 258 g/mol. The molecule has 3 N–H and O–H groups in total. The van der Waals surface area contributed by atoms with Gasteiger partial charge in [-0.2, -0.15) is 0 Å². The van der Waals surface area contributed by atoms with Gasteiger partial charge in [-0.05, 0) is 20.3 Å². The van der Waals surface area contributed by atoms with Gasteiger partial charge in [0.15, 0.2) is 5.84 Å². The van der Waals surface area contributed by atoms with E-state index in [9.17, 15) is 0 Å². The molecule has 18 heavy (non-hydrogen) atoms. The van der Waals surface area contributed by atoms with Gasteiger partial charge >= 0.3 is 0 Å². The second kappa shape index (κ2) is 6.92. The maximum atomic E-state index is 8.81. The normalized spacial score (nSPS) is 20.3. The topological polar surface area (TPSA) is 74.3 Å². The van der Waals surface area contributed by atoms with Gasteiger partial charge in [0.2, 0.25) is 0 Å². The summed E-state index contributed by atoms with van der Waals surface area (Å²) >= 11 is 0. The fraction of sp³-hybridized carbons (Fsp3) is 0.917. The van der Waals surface area contributed by atoms with Crippen molar-refractivity contribution in [3.8, 4) is 0 Å². The van der Waals surface area contributed by atoms with Gasteiger partial charge in [-0.1, -0.05) is 5.16 Å². The summed E-state index contributed by atoms with van der Waals surface area (Å²) in [6, 6.07) is 0. The van der Waals surface area contributed by atoms with E-state index in [4.69, 9.17) is 15.7 Å². The van der Waals surface area contributed by atoms with Crippen LogP contribution in [0.25, 0.3) is 0 Å². The second-order valence-electron chi connectivity index (χ2n) is 5.22. The van der Waals surface area contributed by atoms with E-state index in [1.165, 1.54) is 0 Å². The van der Waals surface area contributed by atoms with Crippen LogP contribution in [0, 0.1) is 0 Å². The van der Waals surface area contributed by atoms with Crippen LogP contribution in [0.2, 0.25) is 0 Å². The Hall–Kier alpha value is -0.850. The minimum Gasteiger partial charge on any atom is -0.409 e. The summed E-state index contributed by atoms with van der Waals surface area (Å²) in [4.78, 5) is 4.69. The SMILES string of the molecule is COCCCN1CCN(C(C)(C)/C(N)=N/O)CC1. The van der Waals surface area contributed by atoms with Crippen molar-refractivity contribution < 1.29 is 9.94 Å². The van der Waals surface area contributed by atoms with Gasteiger partial charge in [0.1, 0.15) is 0 Å². The van der Waals surface area contributed by atoms with Gasteiger partial charge in [0.05, 0.1) is 5.54 Å². The fourth-order valence-corrected chi connectivity index (χ4v) is 2.25. The highest BCUT2D eigenvalue weighted by Crippen LogP contribution is 2.17. The fourth-order valence-electron chi connectivity index (χ4n) is 2.25. The molecular weight excluding hydrogens is 232 g/mol. The molecule has 0 amide bonds. The molecule has 1 aliphatic rings. The molecule has 0 aliphatic carbocycles. The van der Waals surface area contributed by atoms with Gasteiger partial charge in [0, 0.05) is 46.4 Å². The molecule has 0 aromatic rings. The molecule has 0 aromatic heterocycles. The number of hydrogen-bond acceptors (Lipinski definition) is 5. The average molecular weight is 258 g/mol. The van der Waals surface area contributed by atoms with E-state index < -0.39 is 0 Å².